The molecule has 3 rings (SSSR count). The highest BCUT2D eigenvalue weighted by molar-refractivity contribution is 7.04. The Labute approximate surface area is 114 Å². The Hall–Kier alpha value is -2.14. The Bertz CT molecular complexity index is 724. The Balaban J connectivity index is 2.09. The fraction of sp³-hybridized carbons (Fsp3) is 0.143. The molecule has 0 unspecified atom stereocenters. The Kier molecular flexibility index (Phi) is 3.05. The molecule has 2 heterocycles. The third-order valence-corrected chi connectivity index (χ3v) is 3.56. The van der Waals surface area contributed by atoms with Crippen LogP contribution in [-0.4, -0.2) is 23.6 Å². The van der Waals surface area contributed by atoms with E-state index in [1.807, 2.05) is 35.8 Å². The summed E-state index contributed by atoms with van der Waals surface area (Å²) in [7, 11) is 3.25. The van der Waals surface area contributed by atoms with E-state index in [1.54, 1.807) is 14.2 Å². The zero-order valence-corrected chi connectivity index (χ0v) is 11.4. The zero-order valence-electron chi connectivity index (χ0n) is 10.6. The van der Waals surface area contributed by atoms with E-state index in [0.717, 1.165) is 22.2 Å². The minimum Gasteiger partial charge on any atom is -0.493 e. The lowest BCUT2D eigenvalue weighted by Gasteiger charge is -2.09. The smallest absolute Gasteiger partial charge is 0.161 e. The monoisotopic (exact) mass is 272 g/mol. The van der Waals surface area contributed by atoms with Crippen molar-refractivity contribution in [1.82, 2.24) is 9.36 Å². The molecule has 0 amide bonds. The van der Waals surface area contributed by atoms with E-state index in [0.29, 0.717) is 11.5 Å². The van der Waals surface area contributed by atoms with Gasteiger partial charge in [0.2, 0.25) is 0 Å². The molecule has 0 atom stereocenters. The van der Waals surface area contributed by atoms with E-state index in [-0.39, 0.29) is 0 Å². The summed E-state index contributed by atoms with van der Waals surface area (Å²) < 4.78 is 14.8. The SMILES string of the molecule is COc1ccc(-c2cnc3csnc3c2)cc1OC. The van der Waals surface area contributed by atoms with Crippen molar-refractivity contribution < 1.29 is 9.47 Å². The highest BCUT2D eigenvalue weighted by Crippen LogP contribution is 2.32. The second kappa shape index (κ2) is 4.85. The van der Waals surface area contributed by atoms with Gasteiger partial charge in [0.05, 0.1) is 14.2 Å². The van der Waals surface area contributed by atoms with Crippen molar-refractivity contribution >= 4 is 22.6 Å². The Morgan fingerprint density at radius 3 is 2.58 bits per heavy atom. The van der Waals surface area contributed by atoms with Crippen molar-refractivity contribution in [3.63, 3.8) is 0 Å². The second-order valence-corrected chi connectivity index (χ2v) is 4.64. The van der Waals surface area contributed by atoms with Gasteiger partial charge in [-0.05, 0) is 35.3 Å². The van der Waals surface area contributed by atoms with E-state index in [9.17, 15) is 0 Å². The standard InChI is InChI=1S/C14H12N2O2S/c1-17-13-4-3-9(6-14(13)18-2)10-5-11-12(15-7-10)8-19-16-11/h3-8H,1-2H3. The maximum Gasteiger partial charge on any atom is 0.161 e. The van der Waals surface area contributed by atoms with Crippen molar-refractivity contribution in [2.75, 3.05) is 14.2 Å². The van der Waals surface area contributed by atoms with Gasteiger partial charge in [-0.15, -0.1) is 0 Å². The molecule has 0 bridgehead atoms. The molecule has 0 N–H and O–H groups in total. The van der Waals surface area contributed by atoms with E-state index >= 15 is 0 Å². The van der Waals surface area contributed by atoms with Crippen LogP contribution >= 0.6 is 11.5 Å². The number of ether oxygens (including phenoxy) is 2. The van der Waals surface area contributed by atoms with Crippen molar-refractivity contribution in [2.24, 2.45) is 0 Å². The van der Waals surface area contributed by atoms with Crippen LogP contribution < -0.4 is 9.47 Å². The maximum atomic E-state index is 5.31. The summed E-state index contributed by atoms with van der Waals surface area (Å²) in [6.45, 7) is 0. The van der Waals surface area contributed by atoms with Crippen molar-refractivity contribution in [3.05, 3.63) is 35.8 Å². The molecule has 96 valence electrons. The highest BCUT2D eigenvalue weighted by atomic mass is 32.1. The summed E-state index contributed by atoms with van der Waals surface area (Å²) in [6.07, 6.45) is 1.85. The summed E-state index contributed by atoms with van der Waals surface area (Å²) in [6, 6.07) is 7.84. The number of fused-ring (bicyclic) bond motifs is 1. The summed E-state index contributed by atoms with van der Waals surface area (Å²) in [5.74, 6) is 1.42. The lowest BCUT2D eigenvalue weighted by atomic mass is 10.1. The minimum absolute atomic E-state index is 0.707. The normalized spacial score (nSPS) is 10.6. The molecule has 0 aliphatic carbocycles. The van der Waals surface area contributed by atoms with Crippen LogP contribution in [0.3, 0.4) is 0 Å². The van der Waals surface area contributed by atoms with Gasteiger partial charge < -0.3 is 9.47 Å². The van der Waals surface area contributed by atoms with Gasteiger partial charge in [0, 0.05) is 17.1 Å². The summed E-state index contributed by atoms with van der Waals surface area (Å²) in [4.78, 5) is 4.39. The number of nitrogens with zero attached hydrogens (tertiary/aromatic N) is 2. The van der Waals surface area contributed by atoms with Crippen LogP contribution in [-0.2, 0) is 0 Å². The first kappa shape index (κ1) is 11.9. The number of pyridine rings is 1. The van der Waals surface area contributed by atoms with Crippen molar-refractivity contribution in [3.8, 4) is 22.6 Å². The topological polar surface area (TPSA) is 44.2 Å². The minimum atomic E-state index is 0.707. The number of aromatic nitrogens is 2. The summed E-state index contributed by atoms with van der Waals surface area (Å²) in [5, 5.41) is 1.94. The van der Waals surface area contributed by atoms with Crippen LogP contribution in [0.25, 0.3) is 22.2 Å². The molecule has 4 nitrogen and oxygen atoms in total. The van der Waals surface area contributed by atoms with Gasteiger partial charge in [-0.2, -0.15) is 4.37 Å². The molecule has 19 heavy (non-hydrogen) atoms. The van der Waals surface area contributed by atoms with Gasteiger partial charge in [-0.1, -0.05) is 6.07 Å². The summed E-state index contributed by atoms with van der Waals surface area (Å²) in [5.41, 5.74) is 3.88. The average Bonchev–Trinajstić information content (AvgIpc) is 2.93. The number of benzene rings is 1. The molecule has 5 heteroatoms. The molecular weight excluding hydrogens is 260 g/mol. The fourth-order valence-electron chi connectivity index (χ4n) is 1.93. The lowest BCUT2D eigenvalue weighted by Crippen LogP contribution is -1.91. The predicted octanol–water partition coefficient (Wildman–Crippen LogP) is 3.38. The van der Waals surface area contributed by atoms with Crippen molar-refractivity contribution in [2.45, 2.75) is 0 Å². The maximum absolute atomic E-state index is 5.31. The number of methoxy groups -OCH3 is 2. The van der Waals surface area contributed by atoms with Crippen LogP contribution in [0, 0.1) is 0 Å². The third-order valence-electron chi connectivity index (χ3n) is 2.93. The Morgan fingerprint density at radius 1 is 0.947 bits per heavy atom. The zero-order chi connectivity index (χ0) is 13.2. The largest absolute Gasteiger partial charge is 0.493 e. The number of hydrogen-bond acceptors (Lipinski definition) is 5. The predicted molar refractivity (Wildman–Crippen MR) is 76.0 cm³/mol. The van der Waals surface area contributed by atoms with Gasteiger partial charge in [0.1, 0.15) is 11.0 Å². The van der Waals surface area contributed by atoms with Crippen LogP contribution in [0.15, 0.2) is 35.8 Å². The van der Waals surface area contributed by atoms with Gasteiger partial charge in [0.25, 0.3) is 0 Å². The van der Waals surface area contributed by atoms with E-state index in [4.69, 9.17) is 9.47 Å². The van der Waals surface area contributed by atoms with E-state index in [1.165, 1.54) is 11.5 Å². The van der Waals surface area contributed by atoms with Crippen molar-refractivity contribution in [1.29, 1.82) is 0 Å². The first-order chi connectivity index (χ1) is 9.31. The second-order valence-electron chi connectivity index (χ2n) is 4.01. The van der Waals surface area contributed by atoms with Crippen LogP contribution in [0.4, 0.5) is 0 Å². The van der Waals surface area contributed by atoms with Crippen LogP contribution in [0.1, 0.15) is 0 Å². The van der Waals surface area contributed by atoms with Gasteiger partial charge in [0.15, 0.2) is 11.5 Å². The molecule has 0 spiro atoms. The first-order valence-corrected chi connectivity index (χ1v) is 6.58. The quantitative estimate of drug-likeness (QED) is 0.733. The number of hydrogen-bond donors (Lipinski definition) is 0. The first-order valence-electron chi connectivity index (χ1n) is 5.74. The van der Waals surface area contributed by atoms with Gasteiger partial charge >= 0.3 is 0 Å². The Morgan fingerprint density at radius 2 is 1.79 bits per heavy atom. The van der Waals surface area contributed by atoms with E-state index in [2.05, 4.69) is 9.36 Å². The molecule has 3 aromatic rings. The van der Waals surface area contributed by atoms with Crippen LogP contribution in [0.5, 0.6) is 11.5 Å². The molecule has 0 fully saturated rings. The molecule has 0 saturated heterocycles. The lowest BCUT2D eigenvalue weighted by molar-refractivity contribution is 0.355. The third kappa shape index (κ3) is 2.13. The van der Waals surface area contributed by atoms with Crippen LogP contribution in [0.2, 0.25) is 0 Å². The molecule has 0 aliphatic rings. The fourth-order valence-corrected chi connectivity index (χ4v) is 2.53. The van der Waals surface area contributed by atoms with E-state index < -0.39 is 0 Å². The molecule has 2 aromatic heterocycles. The molecule has 0 radical (unpaired) electrons. The van der Waals surface area contributed by atoms with Gasteiger partial charge in [-0.3, -0.25) is 4.98 Å². The highest BCUT2D eigenvalue weighted by Gasteiger charge is 2.07. The molecule has 0 saturated carbocycles. The summed E-state index contributed by atoms with van der Waals surface area (Å²) >= 11 is 1.41. The molecule has 0 aliphatic heterocycles. The number of rotatable bonds is 3. The van der Waals surface area contributed by atoms with Gasteiger partial charge in [-0.25, -0.2) is 0 Å². The molecular formula is C14H12N2O2S. The average molecular weight is 272 g/mol. The molecule has 1 aromatic carbocycles.